The van der Waals surface area contributed by atoms with E-state index < -0.39 is 21.7 Å². The Hall–Kier alpha value is -1.31. The molecule has 1 fully saturated rings. The maximum atomic E-state index is 12.3. The molecule has 1 aliphatic heterocycles. The van der Waals surface area contributed by atoms with Crippen molar-refractivity contribution in [3.63, 3.8) is 0 Å². The van der Waals surface area contributed by atoms with Crippen LogP contribution in [0.15, 0.2) is 23.1 Å². The molecule has 1 amide bonds. The van der Waals surface area contributed by atoms with Crippen LogP contribution in [0.4, 0.5) is 4.79 Å². The number of cyclic esters (lactones) is 1. The van der Waals surface area contributed by atoms with Crippen molar-refractivity contribution < 1.29 is 17.9 Å². The maximum absolute atomic E-state index is 12.3. The quantitative estimate of drug-likeness (QED) is 0.886. The van der Waals surface area contributed by atoms with Crippen LogP contribution in [0.2, 0.25) is 5.02 Å². The lowest BCUT2D eigenvalue weighted by molar-refractivity contribution is 0.127. The number of rotatable bonds is 5. The number of halogens is 1. The van der Waals surface area contributed by atoms with Crippen LogP contribution in [-0.4, -0.2) is 44.6 Å². The van der Waals surface area contributed by atoms with E-state index in [1.165, 1.54) is 17.0 Å². The van der Waals surface area contributed by atoms with E-state index in [2.05, 4.69) is 4.72 Å². The van der Waals surface area contributed by atoms with E-state index in [-0.39, 0.29) is 11.4 Å². The van der Waals surface area contributed by atoms with Crippen molar-refractivity contribution in [2.75, 3.05) is 19.7 Å². The van der Waals surface area contributed by atoms with Gasteiger partial charge in [0.2, 0.25) is 10.0 Å². The summed E-state index contributed by atoms with van der Waals surface area (Å²) in [6, 6.07) is 4.57. The number of hydrogen-bond acceptors (Lipinski definition) is 4. The molecule has 0 atom stereocenters. The Morgan fingerprint density at radius 1 is 1.41 bits per heavy atom. The lowest BCUT2D eigenvalue weighted by Gasteiger charge is -2.33. The highest BCUT2D eigenvalue weighted by Gasteiger charge is 2.36. The van der Waals surface area contributed by atoms with Gasteiger partial charge in [-0.3, -0.25) is 4.90 Å². The number of nitrogens with one attached hydrogen (secondary N) is 1. The van der Waals surface area contributed by atoms with Gasteiger partial charge in [-0.1, -0.05) is 17.7 Å². The van der Waals surface area contributed by atoms with Crippen LogP contribution in [-0.2, 0) is 14.8 Å². The van der Waals surface area contributed by atoms with Crippen molar-refractivity contribution in [2.45, 2.75) is 31.2 Å². The van der Waals surface area contributed by atoms with E-state index >= 15 is 0 Å². The fourth-order valence-corrected chi connectivity index (χ4v) is 3.61. The summed E-state index contributed by atoms with van der Waals surface area (Å²) in [7, 11) is -3.69. The van der Waals surface area contributed by atoms with Gasteiger partial charge < -0.3 is 4.74 Å². The summed E-state index contributed by atoms with van der Waals surface area (Å²) in [5, 5.41) is 0.394. The second kappa shape index (κ2) is 6.06. The number of hydrogen-bond donors (Lipinski definition) is 1. The van der Waals surface area contributed by atoms with Gasteiger partial charge >= 0.3 is 6.09 Å². The number of amides is 1. The Kier molecular flexibility index (Phi) is 4.70. The van der Waals surface area contributed by atoms with Gasteiger partial charge in [-0.2, -0.15) is 0 Å². The standard InChI is InChI=1S/C14H19ClN2O4S/c1-10-4-5-11(8-12(10)15)22(19,20)16-9-14(2,3)17-6-7-21-13(17)18/h4-5,8,16H,6-7,9H2,1-3H3. The highest BCUT2D eigenvalue weighted by molar-refractivity contribution is 7.89. The Balaban J connectivity index is 2.12. The van der Waals surface area contributed by atoms with E-state index in [1.54, 1.807) is 26.8 Å². The van der Waals surface area contributed by atoms with Gasteiger partial charge in [0.1, 0.15) is 6.61 Å². The molecule has 1 aromatic carbocycles. The van der Waals surface area contributed by atoms with Gasteiger partial charge in [0.05, 0.1) is 17.0 Å². The molecule has 6 nitrogen and oxygen atoms in total. The molecule has 0 aliphatic carbocycles. The lowest BCUT2D eigenvalue weighted by atomic mass is 10.0. The van der Waals surface area contributed by atoms with Gasteiger partial charge in [-0.05, 0) is 38.5 Å². The third-order valence-electron chi connectivity index (χ3n) is 3.64. The van der Waals surface area contributed by atoms with Crippen molar-refractivity contribution in [1.29, 1.82) is 0 Å². The van der Waals surface area contributed by atoms with Gasteiger partial charge in [-0.15, -0.1) is 0 Å². The molecule has 22 heavy (non-hydrogen) atoms. The maximum Gasteiger partial charge on any atom is 0.410 e. The van der Waals surface area contributed by atoms with Gasteiger partial charge in [0.25, 0.3) is 0 Å². The smallest absolute Gasteiger partial charge is 0.410 e. The van der Waals surface area contributed by atoms with Crippen molar-refractivity contribution >= 4 is 27.7 Å². The Morgan fingerprint density at radius 2 is 2.09 bits per heavy atom. The normalized spacial score (nSPS) is 16.0. The molecule has 1 heterocycles. The molecule has 0 bridgehead atoms. The predicted molar refractivity (Wildman–Crippen MR) is 83.5 cm³/mol. The number of ether oxygens (including phenoxy) is 1. The zero-order valence-corrected chi connectivity index (χ0v) is 14.3. The number of nitrogens with zero attached hydrogens (tertiary/aromatic N) is 1. The van der Waals surface area contributed by atoms with E-state index in [1.807, 2.05) is 0 Å². The van der Waals surface area contributed by atoms with E-state index in [0.717, 1.165) is 5.56 Å². The predicted octanol–water partition coefficient (Wildman–Crippen LogP) is 2.16. The minimum atomic E-state index is -3.69. The van der Waals surface area contributed by atoms with E-state index in [0.29, 0.717) is 18.2 Å². The molecule has 1 aliphatic rings. The number of carbonyl (C=O) groups is 1. The van der Waals surface area contributed by atoms with Crippen LogP contribution >= 0.6 is 11.6 Å². The molecule has 0 aromatic heterocycles. The summed E-state index contributed by atoms with van der Waals surface area (Å²) in [5.74, 6) is 0. The van der Waals surface area contributed by atoms with Gasteiger partial charge in [0.15, 0.2) is 0 Å². The first kappa shape index (κ1) is 17.1. The van der Waals surface area contributed by atoms with Crippen LogP contribution in [0.5, 0.6) is 0 Å². The van der Waals surface area contributed by atoms with E-state index in [4.69, 9.17) is 16.3 Å². The third-order valence-corrected chi connectivity index (χ3v) is 5.45. The molecule has 8 heteroatoms. The minimum absolute atomic E-state index is 0.0793. The number of sulfonamides is 1. The average molecular weight is 347 g/mol. The second-order valence-electron chi connectivity index (χ2n) is 5.81. The summed E-state index contributed by atoms with van der Waals surface area (Å²) >= 11 is 5.97. The number of carbonyl (C=O) groups excluding carboxylic acids is 1. The SMILES string of the molecule is Cc1ccc(S(=O)(=O)NCC(C)(C)N2CCOC2=O)cc1Cl. The van der Waals surface area contributed by atoms with Gasteiger partial charge in [-0.25, -0.2) is 17.9 Å². The van der Waals surface area contributed by atoms with Crippen LogP contribution in [0.25, 0.3) is 0 Å². The minimum Gasteiger partial charge on any atom is -0.448 e. The van der Waals surface area contributed by atoms with Crippen LogP contribution in [0.1, 0.15) is 19.4 Å². The number of aryl methyl sites for hydroxylation is 1. The Morgan fingerprint density at radius 3 is 2.64 bits per heavy atom. The van der Waals surface area contributed by atoms with Crippen LogP contribution < -0.4 is 4.72 Å². The molecule has 0 unspecified atom stereocenters. The summed E-state index contributed by atoms with van der Waals surface area (Å²) < 4.78 is 32.1. The molecule has 1 N–H and O–H groups in total. The molecular formula is C14H19ClN2O4S. The second-order valence-corrected chi connectivity index (χ2v) is 7.99. The Bertz CT molecular complexity index is 688. The highest BCUT2D eigenvalue weighted by atomic mass is 35.5. The molecular weight excluding hydrogens is 328 g/mol. The van der Waals surface area contributed by atoms with Crippen LogP contribution in [0.3, 0.4) is 0 Å². The summed E-state index contributed by atoms with van der Waals surface area (Å²) in [5.41, 5.74) is 0.121. The average Bonchev–Trinajstić information content (AvgIpc) is 2.87. The summed E-state index contributed by atoms with van der Waals surface area (Å²) in [6.45, 7) is 6.21. The van der Waals surface area contributed by atoms with Crippen molar-refractivity contribution in [3.8, 4) is 0 Å². The molecule has 122 valence electrons. The molecule has 0 saturated carbocycles. The van der Waals surface area contributed by atoms with Crippen molar-refractivity contribution in [3.05, 3.63) is 28.8 Å². The monoisotopic (exact) mass is 346 g/mol. The summed E-state index contributed by atoms with van der Waals surface area (Å²) in [4.78, 5) is 13.2. The largest absolute Gasteiger partial charge is 0.448 e. The molecule has 0 spiro atoms. The Labute approximate surface area is 135 Å². The highest BCUT2D eigenvalue weighted by Crippen LogP contribution is 2.22. The topological polar surface area (TPSA) is 75.7 Å². The first-order valence-electron chi connectivity index (χ1n) is 6.84. The van der Waals surface area contributed by atoms with Crippen LogP contribution in [0, 0.1) is 6.92 Å². The molecule has 2 rings (SSSR count). The zero-order chi connectivity index (χ0) is 16.5. The third kappa shape index (κ3) is 3.53. The molecule has 1 saturated heterocycles. The van der Waals surface area contributed by atoms with Crippen molar-refractivity contribution in [1.82, 2.24) is 9.62 Å². The summed E-state index contributed by atoms with van der Waals surface area (Å²) in [6.07, 6.45) is -0.428. The zero-order valence-electron chi connectivity index (χ0n) is 12.7. The first-order valence-corrected chi connectivity index (χ1v) is 8.70. The molecule has 1 aromatic rings. The number of benzene rings is 1. The van der Waals surface area contributed by atoms with E-state index in [9.17, 15) is 13.2 Å². The van der Waals surface area contributed by atoms with Crippen molar-refractivity contribution in [2.24, 2.45) is 0 Å². The van der Waals surface area contributed by atoms with Gasteiger partial charge in [0, 0.05) is 11.6 Å². The first-order chi connectivity index (χ1) is 10.1. The fraction of sp³-hybridized carbons (Fsp3) is 0.500. The fourth-order valence-electron chi connectivity index (χ4n) is 2.13. The molecule has 0 radical (unpaired) electrons. The lowest BCUT2D eigenvalue weighted by Crippen LogP contribution is -2.52.